The highest BCUT2D eigenvalue weighted by molar-refractivity contribution is 5.92. The minimum absolute atomic E-state index is 0.000958. The zero-order valence-corrected chi connectivity index (χ0v) is 15.1. The van der Waals surface area contributed by atoms with Crippen LogP contribution in [0, 0.1) is 11.8 Å². The fourth-order valence-electron chi connectivity index (χ4n) is 4.08. The Kier molecular flexibility index (Phi) is 5.93. The number of hydrogen-bond donors (Lipinski definition) is 2. The molecule has 3 atom stereocenters. The molecule has 1 saturated carbocycles. The lowest BCUT2D eigenvalue weighted by Crippen LogP contribution is -2.38. The van der Waals surface area contributed by atoms with E-state index in [1.54, 1.807) is 0 Å². The summed E-state index contributed by atoms with van der Waals surface area (Å²) in [5.41, 5.74) is 0.565. The Morgan fingerprint density at radius 3 is 3.00 bits per heavy atom. The average Bonchev–Trinajstić information content (AvgIpc) is 3.23. The summed E-state index contributed by atoms with van der Waals surface area (Å²) in [6.45, 7) is 6.58. The van der Waals surface area contributed by atoms with Gasteiger partial charge in [-0.05, 0) is 56.6 Å². The summed E-state index contributed by atoms with van der Waals surface area (Å²) in [4.78, 5) is 12.6. The molecular weight excluding hydrogens is 300 g/mol. The lowest BCUT2D eigenvalue weighted by Gasteiger charge is -2.23. The smallest absolute Gasteiger partial charge is 0.272 e. The minimum Gasteiger partial charge on any atom is -0.348 e. The topological polar surface area (TPSA) is 59.0 Å². The monoisotopic (exact) mass is 332 g/mol. The maximum atomic E-state index is 12.6. The van der Waals surface area contributed by atoms with Gasteiger partial charge in [-0.1, -0.05) is 26.7 Å². The third-order valence-corrected chi connectivity index (χ3v) is 5.58. The molecule has 2 heterocycles. The van der Waals surface area contributed by atoms with Crippen molar-refractivity contribution in [3.63, 3.8) is 0 Å². The van der Waals surface area contributed by atoms with Crippen molar-refractivity contribution in [3.05, 3.63) is 18.0 Å². The van der Waals surface area contributed by atoms with Crippen molar-refractivity contribution >= 4 is 5.91 Å². The van der Waals surface area contributed by atoms with Crippen LogP contribution in [0.4, 0.5) is 0 Å². The molecule has 1 aliphatic heterocycles. The zero-order valence-electron chi connectivity index (χ0n) is 15.1. The number of aromatic nitrogens is 2. The van der Waals surface area contributed by atoms with E-state index in [0.717, 1.165) is 31.8 Å². The third-order valence-electron chi connectivity index (χ3n) is 5.58. The molecule has 5 heteroatoms. The lowest BCUT2D eigenvalue weighted by atomic mass is 9.93. The number of amides is 1. The molecule has 2 N–H and O–H groups in total. The summed E-state index contributed by atoms with van der Waals surface area (Å²) in [6.07, 6.45) is 10.3. The van der Waals surface area contributed by atoms with Gasteiger partial charge >= 0.3 is 0 Å². The SMILES string of the molecule is CC(C)CCC1CCCC1NC(=O)c1ccn(C2CCCNC2)n1. The van der Waals surface area contributed by atoms with Crippen molar-refractivity contribution in [3.8, 4) is 0 Å². The first-order valence-corrected chi connectivity index (χ1v) is 9.70. The summed E-state index contributed by atoms with van der Waals surface area (Å²) in [5, 5.41) is 11.2. The van der Waals surface area contributed by atoms with Crippen LogP contribution in [0.5, 0.6) is 0 Å². The average molecular weight is 332 g/mol. The standard InChI is InChI=1S/C19H32N4O/c1-14(2)8-9-15-5-3-7-17(15)21-19(24)18-10-12-23(22-18)16-6-4-11-20-13-16/h10,12,14-17,20H,3-9,11,13H2,1-2H3,(H,21,24). The molecule has 24 heavy (non-hydrogen) atoms. The summed E-state index contributed by atoms with van der Waals surface area (Å²) in [6, 6.07) is 2.57. The van der Waals surface area contributed by atoms with Crippen LogP contribution < -0.4 is 10.6 Å². The van der Waals surface area contributed by atoms with E-state index in [1.807, 2.05) is 16.9 Å². The van der Waals surface area contributed by atoms with Gasteiger partial charge in [0.25, 0.3) is 5.91 Å². The number of nitrogens with zero attached hydrogens (tertiary/aromatic N) is 2. The molecule has 0 bridgehead atoms. The van der Waals surface area contributed by atoms with Gasteiger partial charge in [-0.25, -0.2) is 0 Å². The van der Waals surface area contributed by atoms with Crippen LogP contribution in [0.2, 0.25) is 0 Å². The normalized spacial score (nSPS) is 27.5. The van der Waals surface area contributed by atoms with E-state index in [2.05, 4.69) is 29.6 Å². The maximum Gasteiger partial charge on any atom is 0.272 e. The Bertz CT molecular complexity index is 533. The Hall–Kier alpha value is -1.36. The number of hydrogen-bond acceptors (Lipinski definition) is 3. The number of piperidine rings is 1. The number of rotatable bonds is 6. The first-order valence-electron chi connectivity index (χ1n) is 9.70. The molecule has 5 nitrogen and oxygen atoms in total. The first-order chi connectivity index (χ1) is 11.6. The van der Waals surface area contributed by atoms with Crippen molar-refractivity contribution < 1.29 is 4.79 Å². The van der Waals surface area contributed by atoms with Gasteiger partial charge in [0.15, 0.2) is 0 Å². The molecule has 1 aromatic rings. The van der Waals surface area contributed by atoms with Gasteiger partial charge in [0.2, 0.25) is 0 Å². The molecule has 1 aliphatic carbocycles. The van der Waals surface area contributed by atoms with Crippen LogP contribution in [0.25, 0.3) is 0 Å². The predicted octanol–water partition coefficient (Wildman–Crippen LogP) is 3.14. The molecule has 0 aromatic carbocycles. The van der Waals surface area contributed by atoms with Crippen LogP contribution in [-0.4, -0.2) is 34.8 Å². The predicted molar refractivity (Wildman–Crippen MR) is 96.0 cm³/mol. The van der Waals surface area contributed by atoms with Crippen LogP contribution in [0.1, 0.15) is 75.3 Å². The molecule has 134 valence electrons. The lowest BCUT2D eigenvalue weighted by molar-refractivity contribution is 0.0919. The highest BCUT2D eigenvalue weighted by atomic mass is 16.2. The number of nitrogens with one attached hydrogen (secondary N) is 2. The van der Waals surface area contributed by atoms with E-state index in [-0.39, 0.29) is 5.91 Å². The molecular formula is C19H32N4O. The van der Waals surface area contributed by atoms with Gasteiger partial charge in [0.1, 0.15) is 5.69 Å². The van der Waals surface area contributed by atoms with Gasteiger partial charge in [-0.3, -0.25) is 9.48 Å². The molecule has 1 amide bonds. The van der Waals surface area contributed by atoms with Crippen molar-refractivity contribution in [1.82, 2.24) is 20.4 Å². The first kappa shape index (κ1) is 17.5. The molecule has 0 radical (unpaired) electrons. The fourth-order valence-corrected chi connectivity index (χ4v) is 4.08. The molecule has 3 unspecified atom stereocenters. The molecule has 0 spiro atoms. The van der Waals surface area contributed by atoms with Gasteiger partial charge in [-0.15, -0.1) is 0 Å². The Morgan fingerprint density at radius 1 is 1.38 bits per heavy atom. The van der Waals surface area contributed by atoms with E-state index < -0.39 is 0 Å². The van der Waals surface area contributed by atoms with Crippen LogP contribution >= 0.6 is 0 Å². The van der Waals surface area contributed by atoms with Gasteiger partial charge in [0.05, 0.1) is 6.04 Å². The quantitative estimate of drug-likeness (QED) is 0.841. The Morgan fingerprint density at radius 2 is 2.25 bits per heavy atom. The molecule has 2 fully saturated rings. The summed E-state index contributed by atoms with van der Waals surface area (Å²) in [7, 11) is 0. The van der Waals surface area contributed by atoms with Gasteiger partial charge in [0, 0.05) is 18.8 Å². The second kappa shape index (κ2) is 8.15. The van der Waals surface area contributed by atoms with E-state index in [9.17, 15) is 4.79 Å². The van der Waals surface area contributed by atoms with Gasteiger partial charge < -0.3 is 10.6 Å². The molecule has 2 aliphatic rings. The Balaban J connectivity index is 1.55. The van der Waals surface area contributed by atoms with Crippen molar-refractivity contribution in [2.75, 3.05) is 13.1 Å². The summed E-state index contributed by atoms with van der Waals surface area (Å²) < 4.78 is 1.96. The fraction of sp³-hybridized carbons (Fsp3) is 0.789. The van der Waals surface area contributed by atoms with E-state index in [0.29, 0.717) is 23.7 Å². The van der Waals surface area contributed by atoms with Crippen molar-refractivity contribution in [2.24, 2.45) is 11.8 Å². The molecule has 3 rings (SSSR count). The highest BCUT2D eigenvalue weighted by Gasteiger charge is 2.29. The number of carbonyl (C=O) groups excluding carboxylic acids is 1. The molecule has 1 aromatic heterocycles. The van der Waals surface area contributed by atoms with Crippen LogP contribution in [-0.2, 0) is 0 Å². The zero-order chi connectivity index (χ0) is 16.9. The summed E-state index contributed by atoms with van der Waals surface area (Å²) in [5.74, 6) is 1.38. The molecule has 1 saturated heterocycles. The van der Waals surface area contributed by atoms with Crippen molar-refractivity contribution in [2.45, 2.75) is 70.9 Å². The minimum atomic E-state index is -0.000958. The van der Waals surface area contributed by atoms with Crippen LogP contribution in [0.15, 0.2) is 12.3 Å². The van der Waals surface area contributed by atoms with Crippen LogP contribution in [0.3, 0.4) is 0 Å². The maximum absolute atomic E-state index is 12.6. The number of carbonyl (C=O) groups is 1. The van der Waals surface area contributed by atoms with E-state index >= 15 is 0 Å². The van der Waals surface area contributed by atoms with Crippen molar-refractivity contribution in [1.29, 1.82) is 0 Å². The van der Waals surface area contributed by atoms with E-state index in [4.69, 9.17) is 0 Å². The Labute approximate surface area is 145 Å². The third kappa shape index (κ3) is 4.38. The van der Waals surface area contributed by atoms with E-state index in [1.165, 1.54) is 32.1 Å². The largest absolute Gasteiger partial charge is 0.348 e. The summed E-state index contributed by atoms with van der Waals surface area (Å²) >= 11 is 0. The second-order valence-electron chi connectivity index (χ2n) is 7.92. The highest BCUT2D eigenvalue weighted by Crippen LogP contribution is 2.30. The van der Waals surface area contributed by atoms with Gasteiger partial charge in [-0.2, -0.15) is 5.10 Å². The second-order valence-corrected chi connectivity index (χ2v) is 7.92.